The molecule has 2 aromatic carbocycles. The molecule has 0 aromatic heterocycles. The molecule has 0 bridgehead atoms. The summed E-state index contributed by atoms with van der Waals surface area (Å²) in [5.74, 6) is 0.830. The molecule has 0 N–H and O–H groups in total. The van der Waals surface area contributed by atoms with E-state index in [1.807, 2.05) is 43.5 Å². The molecule has 3 nitrogen and oxygen atoms in total. The molecule has 0 atom stereocenters. The van der Waals surface area contributed by atoms with Gasteiger partial charge < -0.3 is 10.1 Å². The summed E-state index contributed by atoms with van der Waals surface area (Å²) in [5.41, 5.74) is 4.23. The minimum absolute atomic E-state index is 0.667. The van der Waals surface area contributed by atoms with E-state index in [4.69, 9.17) is 21.8 Å². The fraction of sp³-hybridized carbons (Fsp3) is 0.235. The van der Waals surface area contributed by atoms with Crippen LogP contribution in [0.4, 0.5) is 5.69 Å². The molecule has 0 aliphatic heterocycles. The standard InChI is InChI=1S/C17H19N2O.2ClH.Zr/c1-13-9-16(20-3)10-15(17(13)18-2)12-19-11-14-7-5-4-6-8-14;;;/h4-10,12H,11H2,1-3H3;2*1H;/q-1;;;+2/p-2. The third kappa shape index (κ3) is 7.07. The van der Waals surface area contributed by atoms with Crippen molar-refractivity contribution in [1.82, 2.24) is 0 Å². The van der Waals surface area contributed by atoms with Crippen LogP contribution < -0.4 is 4.74 Å². The summed E-state index contributed by atoms with van der Waals surface area (Å²) in [6, 6.07) is 14.1. The van der Waals surface area contributed by atoms with Gasteiger partial charge in [-0.05, 0) is 30.2 Å². The number of halogens is 2. The second kappa shape index (κ2) is 11.7. The van der Waals surface area contributed by atoms with E-state index in [1.54, 1.807) is 14.2 Å². The van der Waals surface area contributed by atoms with E-state index in [2.05, 4.69) is 22.4 Å². The molecule has 0 unspecified atom stereocenters. The minimum atomic E-state index is -0.826. The quantitative estimate of drug-likeness (QED) is 0.567. The van der Waals surface area contributed by atoms with E-state index in [1.165, 1.54) is 5.56 Å². The molecule has 0 radical (unpaired) electrons. The molecule has 23 heavy (non-hydrogen) atoms. The summed E-state index contributed by atoms with van der Waals surface area (Å²) in [7, 11) is 13.3. The van der Waals surface area contributed by atoms with Crippen molar-refractivity contribution in [2.24, 2.45) is 4.99 Å². The summed E-state index contributed by atoms with van der Waals surface area (Å²) in [4.78, 5) is 4.50. The fourth-order valence-corrected chi connectivity index (χ4v) is 2.13. The van der Waals surface area contributed by atoms with Gasteiger partial charge in [0.1, 0.15) is 5.75 Å². The second-order valence-corrected chi connectivity index (χ2v) is 8.36. The summed E-state index contributed by atoms with van der Waals surface area (Å²) < 4.78 is 5.30. The fourth-order valence-electron chi connectivity index (χ4n) is 2.13. The predicted molar refractivity (Wildman–Crippen MR) is 96.1 cm³/mol. The van der Waals surface area contributed by atoms with Gasteiger partial charge in [-0.25, -0.2) is 0 Å². The molecule has 0 aliphatic rings. The Balaban J connectivity index is 0.000000816. The topological polar surface area (TPSA) is 35.7 Å². The number of nitrogens with zero attached hydrogens (tertiary/aromatic N) is 2. The molecule has 2 aromatic rings. The molecule has 0 aliphatic carbocycles. The SMILES string of the molecule is C[N-]c1c(C)cc(OC)cc1C=NCc1ccccc1.[Cl][Zr][Cl]. The molecular weight excluding hydrogens is 410 g/mol. The van der Waals surface area contributed by atoms with Crippen LogP contribution in [0.1, 0.15) is 16.7 Å². The van der Waals surface area contributed by atoms with Crippen molar-refractivity contribution in [3.05, 3.63) is 64.5 Å². The number of benzene rings is 2. The monoisotopic (exact) mass is 427 g/mol. The summed E-state index contributed by atoms with van der Waals surface area (Å²) in [6.45, 7) is 2.69. The van der Waals surface area contributed by atoms with Gasteiger partial charge in [0.25, 0.3) is 0 Å². The Morgan fingerprint density at radius 3 is 2.43 bits per heavy atom. The van der Waals surface area contributed by atoms with Crippen LogP contribution in [0.2, 0.25) is 0 Å². The van der Waals surface area contributed by atoms with E-state index in [-0.39, 0.29) is 0 Å². The molecule has 2 rings (SSSR count). The molecule has 0 saturated carbocycles. The Kier molecular flexibility index (Phi) is 10.3. The number of hydrogen-bond acceptors (Lipinski definition) is 2. The van der Waals surface area contributed by atoms with Crippen molar-refractivity contribution in [2.75, 3.05) is 14.2 Å². The second-order valence-electron chi connectivity index (χ2n) is 4.63. The first-order valence-corrected chi connectivity index (χ1v) is 13.3. The zero-order valence-corrected chi connectivity index (χ0v) is 17.4. The predicted octanol–water partition coefficient (Wildman–Crippen LogP) is 5.63. The van der Waals surface area contributed by atoms with Crippen molar-refractivity contribution in [1.29, 1.82) is 0 Å². The Morgan fingerprint density at radius 1 is 1.22 bits per heavy atom. The van der Waals surface area contributed by atoms with Gasteiger partial charge in [-0.1, -0.05) is 35.9 Å². The van der Waals surface area contributed by atoms with Gasteiger partial charge in [0, 0.05) is 6.21 Å². The summed E-state index contributed by atoms with van der Waals surface area (Å²) in [6.07, 6.45) is 1.87. The normalized spacial score (nSPS) is 9.96. The molecule has 0 fully saturated rings. The third-order valence-corrected chi connectivity index (χ3v) is 3.11. The van der Waals surface area contributed by atoms with E-state index < -0.39 is 20.8 Å². The number of ether oxygens (including phenoxy) is 1. The molecule has 6 heteroatoms. The van der Waals surface area contributed by atoms with Gasteiger partial charge in [-0.15, -0.1) is 12.7 Å². The van der Waals surface area contributed by atoms with Crippen molar-refractivity contribution in [3.63, 3.8) is 0 Å². The van der Waals surface area contributed by atoms with E-state index in [0.29, 0.717) is 6.54 Å². The maximum atomic E-state index is 5.30. The Hall–Kier alpha value is -0.827. The number of rotatable bonds is 5. The van der Waals surface area contributed by atoms with Gasteiger partial charge in [0.15, 0.2) is 0 Å². The number of aliphatic imine (C=N–C) groups is 1. The van der Waals surface area contributed by atoms with Crippen LogP contribution in [0.25, 0.3) is 5.32 Å². The number of methoxy groups -OCH3 is 1. The van der Waals surface area contributed by atoms with Crippen molar-refractivity contribution in [3.8, 4) is 5.75 Å². The average molecular weight is 429 g/mol. The Morgan fingerprint density at radius 2 is 1.87 bits per heavy atom. The summed E-state index contributed by atoms with van der Waals surface area (Å²) in [5, 5.41) is 4.32. The Labute approximate surface area is 156 Å². The van der Waals surface area contributed by atoms with Gasteiger partial charge in [-0.2, -0.15) is 0 Å². The molecule has 0 heterocycles. The van der Waals surface area contributed by atoms with Crippen LogP contribution in [0.5, 0.6) is 5.75 Å². The average Bonchev–Trinajstić information content (AvgIpc) is 2.56. The van der Waals surface area contributed by atoms with Crippen molar-refractivity contribution in [2.45, 2.75) is 13.5 Å². The van der Waals surface area contributed by atoms with Gasteiger partial charge in [0.2, 0.25) is 0 Å². The molecule has 0 saturated heterocycles. The Bertz CT molecular complexity index is 621. The number of hydrogen-bond donors (Lipinski definition) is 0. The van der Waals surface area contributed by atoms with Crippen LogP contribution in [0.3, 0.4) is 0 Å². The van der Waals surface area contributed by atoms with E-state index >= 15 is 0 Å². The molecule has 0 amide bonds. The van der Waals surface area contributed by atoms with Crippen LogP contribution in [-0.2, 0) is 27.4 Å². The zero-order valence-electron chi connectivity index (χ0n) is 13.4. The van der Waals surface area contributed by atoms with Crippen LogP contribution in [-0.4, -0.2) is 20.4 Å². The van der Waals surface area contributed by atoms with Gasteiger partial charge in [0.05, 0.1) is 13.7 Å². The van der Waals surface area contributed by atoms with Crippen LogP contribution in [0.15, 0.2) is 47.5 Å². The van der Waals surface area contributed by atoms with Gasteiger partial charge in [-0.3, -0.25) is 4.99 Å². The van der Waals surface area contributed by atoms with Crippen molar-refractivity contribution < 1.29 is 25.6 Å². The van der Waals surface area contributed by atoms with Crippen LogP contribution in [0, 0.1) is 6.92 Å². The van der Waals surface area contributed by atoms with Crippen molar-refractivity contribution >= 4 is 28.9 Å². The first-order chi connectivity index (χ1) is 11.2. The molecule has 0 spiro atoms. The molecular formula is C17H19Cl2N2OZr-. The van der Waals surface area contributed by atoms with E-state index in [0.717, 1.165) is 22.6 Å². The third-order valence-electron chi connectivity index (χ3n) is 3.11. The summed E-state index contributed by atoms with van der Waals surface area (Å²) >= 11 is -0.826. The number of aryl methyl sites for hydroxylation is 1. The molecule has 122 valence electrons. The zero-order chi connectivity index (χ0) is 17.1. The van der Waals surface area contributed by atoms with E-state index in [9.17, 15) is 0 Å². The van der Waals surface area contributed by atoms with Crippen LogP contribution >= 0.6 is 17.0 Å². The van der Waals surface area contributed by atoms with Gasteiger partial charge >= 0.3 is 37.9 Å². The first-order valence-electron chi connectivity index (χ1n) is 6.94. The maximum absolute atomic E-state index is 5.30. The first kappa shape index (κ1) is 20.2.